The van der Waals surface area contributed by atoms with E-state index in [1.54, 1.807) is 6.07 Å². The standard InChI is InChI=1S/C20H24N2O3S/c1-13-2-3-15(26-13)9-22-10-17-16(18-4-6-20(17,12-22)25-18)8-21-19(23)14-5-7-24-11-14/h2-3,5,7,11,16-18H,4,6,8-10,12H2,1H3,(H,21,23)/t16-,17+,18+,20+/m0/s1. The van der Waals surface area contributed by atoms with E-state index in [0.29, 0.717) is 30.0 Å². The van der Waals surface area contributed by atoms with Gasteiger partial charge in [0.05, 0.1) is 23.5 Å². The SMILES string of the molecule is Cc1ccc(CN2C[C@@H]3[C@H](CNC(=O)c4ccoc4)[C@H]4CC[C@]3(C2)O4)s1. The van der Waals surface area contributed by atoms with E-state index in [2.05, 4.69) is 29.3 Å². The van der Waals surface area contributed by atoms with Gasteiger partial charge in [-0.25, -0.2) is 0 Å². The van der Waals surface area contributed by atoms with Crippen LogP contribution in [0.5, 0.6) is 0 Å². The molecule has 26 heavy (non-hydrogen) atoms. The second-order valence-corrected chi connectivity index (χ2v) is 9.31. The fourth-order valence-corrected chi connectivity index (χ4v) is 6.11. The number of carbonyl (C=O) groups excluding carboxylic acids is 1. The molecule has 0 aromatic carbocycles. The third-order valence-electron chi connectivity index (χ3n) is 6.31. The molecule has 2 bridgehead atoms. The van der Waals surface area contributed by atoms with Gasteiger partial charge in [0.25, 0.3) is 5.91 Å². The van der Waals surface area contributed by atoms with Gasteiger partial charge in [-0.3, -0.25) is 9.69 Å². The van der Waals surface area contributed by atoms with Crippen molar-refractivity contribution < 1.29 is 13.9 Å². The highest BCUT2D eigenvalue weighted by Gasteiger charge is 2.62. The quantitative estimate of drug-likeness (QED) is 0.876. The number of thiophene rings is 1. The molecule has 3 aliphatic heterocycles. The van der Waals surface area contributed by atoms with Crippen molar-refractivity contribution in [3.63, 3.8) is 0 Å². The van der Waals surface area contributed by atoms with Crippen LogP contribution in [0.3, 0.4) is 0 Å². The first-order valence-electron chi connectivity index (χ1n) is 9.39. The van der Waals surface area contributed by atoms with Crippen LogP contribution in [0.4, 0.5) is 0 Å². The predicted molar refractivity (Wildman–Crippen MR) is 99.2 cm³/mol. The van der Waals surface area contributed by atoms with Crippen molar-refractivity contribution in [3.8, 4) is 0 Å². The number of likely N-dealkylation sites (tertiary alicyclic amines) is 1. The lowest BCUT2D eigenvalue weighted by Gasteiger charge is -2.29. The largest absolute Gasteiger partial charge is 0.472 e. The Morgan fingerprint density at radius 3 is 3.12 bits per heavy atom. The van der Waals surface area contributed by atoms with Crippen LogP contribution in [-0.2, 0) is 11.3 Å². The number of fused-ring (bicyclic) bond motifs is 1. The minimum absolute atomic E-state index is 0.0159. The molecule has 5 nitrogen and oxygen atoms in total. The Kier molecular flexibility index (Phi) is 3.95. The Bertz CT molecular complexity index is 802. The molecule has 0 saturated carbocycles. The zero-order valence-corrected chi connectivity index (χ0v) is 15.8. The van der Waals surface area contributed by atoms with E-state index in [1.165, 1.54) is 22.3 Å². The summed E-state index contributed by atoms with van der Waals surface area (Å²) in [6, 6.07) is 6.15. The van der Waals surface area contributed by atoms with Gasteiger partial charge >= 0.3 is 0 Å². The van der Waals surface area contributed by atoms with Crippen molar-refractivity contribution in [2.45, 2.75) is 38.0 Å². The van der Waals surface area contributed by atoms with Gasteiger partial charge in [0.15, 0.2) is 0 Å². The molecule has 2 aromatic rings. The summed E-state index contributed by atoms with van der Waals surface area (Å²) in [5, 5.41) is 3.09. The number of aryl methyl sites for hydroxylation is 1. The van der Waals surface area contributed by atoms with Gasteiger partial charge in [-0.15, -0.1) is 11.3 Å². The van der Waals surface area contributed by atoms with E-state index >= 15 is 0 Å². The Balaban J connectivity index is 1.25. The van der Waals surface area contributed by atoms with Gasteiger partial charge in [-0.05, 0) is 38.0 Å². The molecule has 1 amide bonds. The van der Waals surface area contributed by atoms with Crippen LogP contribution in [-0.4, -0.2) is 42.1 Å². The number of furan rings is 1. The smallest absolute Gasteiger partial charge is 0.254 e. The van der Waals surface area contributed by atoms with E-state index in [9.17, 15) is 4.79 Å². The minimum atomic E-state index is -0.0560. The molecule has 5 rings (SSSR count). The molecular weight excluding hydrogens is 348 g/mol. The number of carbonyl (C=O) groups is 1. The summed E-state index contributed by atoms with van der Waals surface area (Å²) in [4.78, 5) is 17.6. The summed E-state index contributed by atoms with van der Waals surface area (Å²) in [5.41, 5.74) is 0.604. The number of hydrogen-bond acceptors (Lipinski definition) is 5. The highest BCUT2D eigenvalue weighted by molar-refractivity contribution is 7.11. The van der Waals surface area contributed by atoms with Gasteiger partial charge in [0.1, 0.15) is 6.26 Å². The average molecular weight is 372 g/mol. The molecule has 0 aliphatic carbocycles. The number of hydrogen-bond donors (Lipinski definition) is 1. The molecule has 0 radical (unpaired) electrons. The topological polar surface area (TPSA) is 54.7 Å². The van der Waals surface area contributed by atoms with Crippen LogP contribution in [0.2, 0.25) is 0 Å². The number of amides is 1. The molecule has 1 N–H and O–H groups in total. The van der Waals surface area contributed by atoms with Crippen LogP contribution in [0.15, 0.2) is 35.1 Å². The summed E-state index contributed by atoms with van der Waals surface area (Å²) >= 11 is 1.88. The van der Waals surface area contributed by atoms with Gasteiger partial charge in [-0.2, -0.15) is 0 Å². The normalized spacial score (nSPS) is 32.9. The lowest BCUT2D eigenvalue weighted by atomic mass is 9.73. The zero-order valence-electron chi connectivity index (χ0n) is 14.9. The summed E-state index contributed by atoms with van der Waals surface area (Å²) < 4.78 is 11.5. The molecular formula is C20H24N2O3S. The van der Waals surface area contributed by atoms with E-state index < -0.39 is 0 Å². The van der Waals surface area contributed by atoms with Gasteiger partial charge in [0, 0.05) is 47.8 Å². The lowest BCUT2D eigenvalue weighted by molar-refractivity contribution is 0.00219. The maximum absolute atomic E-state index is 12.2. The maximum Gasteiger partial charge on any atom is 0.254 e. The van der Waals surface area contributed by atoms with E-state index in [0.717, 1.165) is 32.5 Å². The molecule has 0 unspecified atom stereocenters. The summed E-state index contributed by atoms with van der Waals surface area (Å²) in [6.07, 6.45) is 5.61. The molecule has 5 heterocycles. The maximum atomic E-state index is 12.2. The first kappa shape index (κ1) is 16.5. The van der Waals surface area contributed by atoms with Crippen molar-refractivity contribution in [3.05, 3.63) is 46.0 Å². The number of rotatable bonds is 5. The molecule has 4 atom stereocenters. The monoisotopic (exact) mass is 372 g/mol. The third-order valence-corrected chi connectivity index (χ3v) is 7.30. The molecule has 138 valence electrons. The first-order valence-corrected chi connectivity index (χ1v) is 10.2. The predicted octanol–water partition coefficient (Wildman–Crippen LogP) is 3.06. The molecule has 2 aromatic heterocycles. The van der Waals surface area contributed by atoms with Crippen LogP contribution in [0, 0.1) is 18.8 Å². The van der Waals surface area contributed by atoms with Gasteiger partial charge < -0.3 is 14.5 Å². The Morgan fingerprint density at radius 2 is 2.35 bits per heavy atom. The summed E-state index contributed by atoms with van der Waals surface area (Å²) in [5.74, 6) is 0.876. The molecule has 6 heteroatoms. The minimum Gasteiger partial charge on any atom is -0.472 e. The fraction of sp³-hybridized carbons (Fsp3) is 0.550. The van der Waals surface area contributed by atoms with Crippen molar-refractivity contribution >= 4 is 17.2 Å². The first-order chi connectivity index (χ1) is 12.6. The number of ether oxygens (including phenoxy) is 1. The molecule has 3 aliphatic rings. The zero-order chi connectivity index (χ0) is 17.7. The fourth-order valence-electron chi connectivity index (χ4n) is 5.18. The summed E-state index contributed by atoms with van der Waals surface area (Å²) in [6.45, 7) is 5.96. The van der Waals surface area contributed by atoms with Crippen molar-refractivity contribution in [2.75, 3.05) is 19.6 Å². The second-order valence-electron chi connectivity index (χ2n) is 7.93. The van der Waals surface area contributed by atoms with Gasteiger partial charge in [0.2, 0.25) is 0 Å². The third kappa shape index (κ3) is 2.71. The summed E-state index contributed by atoms with van der Waals surface area (Å²) in [7, 11) is 0. The highest BCUT2D eigenvalue weighted by Crippen LogP contribution is 2.54. The van der Waals surface area contributed by atoms with Crippen LogP contribution < -0.4 is 5.32 Å². The van der Waals surface area contributed by atoms with E-state index in [4.69, 9.17) is 9.15 Å². The van der Waals surface area contributed by atoms with Crippen molar-refractivity contribution in [1.29, 1.82) is 0 Å². The van der Waals surface area contributed by atoms with Crippen LogP contribution in [0.1, 0.15) is 33.0 Å². The highest BCUT2D eigenvalue weighted by atomic mass is 32.1. The van der Waals surface area contributed by atoms with Crippen LogP contribution >= 0.6 is 11.3 Å². The molecule has 3 fully saturated rings. The number of nitrogens with zero attached hydrogens (tertiary/aromatic N) is 1. The Morgan fingerprint density at radius 1 is 1.42 bits per heavy atom. The van der Waals surface area contributed by atoms with E-state index in [-0.39, 0.29) is 11.5 Å². The van der Waals surface area contributed by atoms with E-state index in [1.807, 2.05) is 11.3 Å². The van der Waals surface area contributed by atoms with Gasteiger partial charge in [-0.1, -0.05) is 0 Å². The van der Waals surface area contributed by atoms with Crippen LogP contribution in [0.25, 0.3) is 0 Å². The average Bonchev–Trinajstić information content (AvgIpc) is 3.40. The lowest BCUT2D eigenvalue weighted by Crippen LogP contribution is -2.41. The Hall–Kier alpha value is -1.63. The molecule has 1 spiro atoms. The van der Waals surface area contributed by atoms with Crippen molar-refractivity contribution in [2.24, 2.45) is 11.8 Å². The molecule has 3 saturated heterocycles. The van der Waals surface area contributed by atoms with Crippen molar-refractivity contribution in [1.82, 2.24) is 10.2 Å². The Labute approximate surface area is 157 Å². The number of nitrogens with one attached hydrogen (secondary N) is 1. The second kappa shape index (κ2) is 6.22.